The Bertz CT molecular complexity index is 255. The lowest BCUT2D eigenvalue weighted by Crippen LogP contribution is -2.27. The third-order valence-electron chi connectivity index (χ3n) is 2.09. The number of hydrogen-bond donors (Lipinski definition) is 1. The van der Waals surface area contributed by atoms with Crippen molar-refractivity contribution >= 4 is 0 Å². The molecule has 1 unspecified atom stereocenters. The van der Waals surface area contributed by atoms with Gasteiger partial charge >= 0.3 is 0 Å². The molecule has 1 aromatic heterocycles. The smallest absolute Gasteiger partial charge is 0.0780 e. The number of likely N-dealkylation sites (N-methyl/N-ethyl adjacent to an activating group) is 1. The minimum atomic E-state index is 0.181. The van der Waals surface area contributed by atoms with E-state index in [2.05, 4.69) is 22.6 Å². The monoisotopic (exact) mass is 198 g/mol. The van der Waals surface area contributed by atoms with Crippen molar-refractivity contribution in [2.45, 2.75) is 26.4 Å². The van der Waals surface area contributed by atoms with Crippen LogP contribution in [-0.4, -0.2) is 35.3 Å². The van der Waals surface area contributed by atoms with E-state index in [1.807, 2.05) is 11.6 Å². The summed E-state index contributed by atoms with van der Waals surface area (Å²) in [5.41, 5.74) is 1.08. The summed E-state index contributed by atoms with van der Waals surface area (Å²) in [6.07, 6.45) is 1.79. The van der Waals surface area contributed by atoms with Gasteiger partial charge in [0.15, 0.2) is 0 Å². The molecule has 0 bridgehead atoms. The number of methoxy groups -OCH3 is 1. The summed E-state index contributed by atoms with van der Waals surface area (Å²) < 4.78 is 7.03. The van der Waals surface area contributed by atoms with Crippen molar-refractivity contribution in [1.29, 1.82) is 0 Å². The van der Waals surface area contributed by atoms with Crippen LogP contribution in [0.15, 0.2) is 6.20 Å². The molecule has 0 saturated carbocycles. The Morgan fingerprint density at radius 1 is 1.57 bits per heavy atom. The van der Waals surface area contributed by atoms with Crippen LogP contribution in [0.5, 0.6) is 0 Å². The Labute approximate surface area is 84.4 Å². The average molecular weight is 198 g/mol. The maximum Gasteiger partial charge on any atom is 0.0780 e. The van der Waals surface area contributed by atoms with Crippen molar-refractivity contribution in [3.05, 3.63) is 11.9 Å². The highest BCUT2D eigenvalue weighted by molar-refractivity contribution is 5.02. The number of nitrogens with one attached hydrogen (secondary N) is 1. The molecule has 0 saturated heterocycles. The first-order chi connectivity index (χ1) is 6.83. The number of nitrogens with zero attached hydrogens (tertiary/aromatic N) is 3. The molecule has 1 N–H and O–H groups in total. The van der Waals surface area contributed by atoms with Gasteiger partial charge in [0.1, 0.15) is 0 Å². The molecule has 1 atom stereocenters. The lowest BCUT2D eigenvalue weighted by atomic mass is 10.2. The molecular formula is C9H18N4O. The summed E-state index contributed by atoms with van der Waals surface area (Å²) in [5, 5.41) is 11.2. The molecule has 0 amide bonds. The van der Waals surface area contributed by atoms with Gasteiger partial charge in [0, 0.05) is 13.7 Å². The number of aryl methyl sites for hydroxylation is 1. The Hall–Kier alpha value is -0.940. The Balaban J connectivity index is 2.75. The minimum Gasteiger partial charge on any atom is -0.383 e. The molecule has 1 rings (SSSR count). The molecular weight excluding hydrogens is 180 g/mol. The van der Waals surface area contributed by atoms with E-state index >= 15 is 0 Å². The molecule has 0 fully saturated rings. The normalized spacial score (nSPS) is 13.1. The highest BCUT2D eigenvalue weighted by atomic mass is 16.5. The molecule has 5 nitrogen and oxygen atoms in total. The fourth-order valence-electron chi connectivity index (χ4n) is 1.44. The van der Waals surface area contributed by atoms with E-state index in [0.29, 0.717) is 6.61 Å². The summed E-state index contributed by atoms with van der Waals surface area (Å²) in [6, 6.07) is 0.181. The molecule has 0 aliphatic heterocycles. The average Bonchev–Trinajstić information content (AvgIpc) is 2.65. The molecule has 0 radical (unpaired) electrons. The van der Waals surface area contributed by atoms with Gasteiger partial charge in [-0.05, 0) is 13.5 Å². The lowest BCUT2D eigenvalue weighted by molar-refractivity contribution is 0.164. The Morgan fingerprint density at radius 3 is 2.93 bits per heavy atom. The van der Waals surface area contributed by atoms with Gasteiger partial charge in [0.2, 0.25) is 0 Å². The van der Waals surface area contributed by atoms with E-state index in [-0.39, 0.29) is 6.04 Å². The van der Waals surface area contributed by atoms with Crippen LogP contribution in [0, 0.1) is 0 Å². The fraction of sp³-hybridized carbons (Fsp3) is 0.778. The molecule has 5 heteroatoms. The van der Waals surface area contributed by atoms with Crippen LogP contribution in [0.3, 0.4) is 0 Å². The van der Waals surface area contributed by atoms with Gasteiger partial charge < -0.3 is 10.1 Å². The number of aromatic nitrogens is 3. The standard InChI is InChI=1S/C9H18N4O/c1-4-10-8(7-14-3)9-6-11-12-13(9)5-2/h6,8,10H,4-5,7H2,1-3H3. The van der Waals surface area contributed by atoms with Gasteiger partial charge in [0.05, 0.1) is 24.5 Å². The maximum atomic E-state index is 5.15. The zero-order chi connectivity index (χ0) is 10.4. The minimum absolute atomic E-state index is 0.181. The molecule has 0 spiro atoms. The number of hydrogen-bond acceptors (Lipinski definition) is 4. The van der Waals surface area contributed by atoms with Crippen molar-refractivity contribution in [3.8, 4) is 0 Å². The predicted octanol–water partition coefficient (Wildman–Crippen LogP) is 0.595. The van der Waals surface area contributed by atoms with E-state index in [4.69, 9.17) is 4.74 Å². The first-order valence-electron chi connectivity index (χ1n) is 4.94. The lowest BCUT2D eigenvalue weighted by Gasteiger charge is -2.16. The third kappa shape index (κ3) is 2.52. The summed E-state index contributed by atoms with van der Waals surface area (Å²) >= 11 is 0. The molecule has 0 aliphatic rings. The zero-order valence-corrected chi connectivity index (χ0v) is 9.03. The van der Waals surface area contributed by atoms with Crippen LogP contribution in [0.25, 0.3) is 0 Å². The van der Waals surface area contributed by atoms with Crippen molar-refractivity contribution < 1.29 is 4.74 Å². The third-order valence-corrected chi connectivity index (χ3v) is 2.09. The quantitative estimate of drug-likeness (QED) is 0.727. The molecule has 1 aromatic rings. The molecule has 1 heterocycles. The van der Waals surface area contributed by atoms with Crippen molar-refractivity contribution in [2.75, 3.05) is 20.3 Å². The van der Waals surface area contributed by atoms with Crippen LogP contribution in [0.1, 0.15) is 25.6 Å². The SMILES string of the molecule is CCNC(COC)c1cnnn1CC. The number of ether oxygens (including phenoxy) is 1. The maximum absolute atomic E-state index is 5.15. The molecule has 14 heavy (non-hydrogen) atoms. The summed E-state index contributed by atoms with van der Waals surface area (Å²) in [4.78, 5) is 0. The Kier molecular flexibility index (Phi) is 4.55. The van der Waals surface area contributed by atoms with E-state index < -0.39 is 0 Å². The summed E-state index contributed by atoms with van der Waals surface area (Å²) in [6.45, 7) is 6.50. The van der Waals surface area contributed by atoms with Crippen LogP contribution >= 0.6 is 0 Å². The van der Waals surface area contributed by atoms with E-state index in [1.165, 1.54) is 0 Å². The van der Waals surface area contributed by atoms with Gasteiger partial charge in [0.25, 0.3) is 0 Å². The molecule has 80 valence electrons. The van der Waals surface area contributed by atoms with E-state index in [0.717, 1.165) is 18.8 Å². The second-order valence-electron chi connectivity index (χ2n) is 3.04. The van der Waals surface area contributed by atoms with Gasteiger partial charge in [-0.15, -0.1) is 5.10 Å². The first kappa shape index (κ1) is 11.1. The van der Waals surface area contributed by atoms with Gasteiger partial charge in [-0.3, -0.25) is 0 Å². The largest absolute Gasteiger partial charge is 0.383 e. The van der Waals surface area contributed by atoms with Gasteiger partial charge in [-0.2, -0.15) is 0 Å². The predicted molar refractivity (Wildman–Crippen MR) is 54.0 cm³/mol. The second kappa shape index (κ2) is 5.72. The van der Waals surface area contributed by atoms with E-state index in [1.54, 1.807) is 13.3 Å². The highest BCUT2D eigenvalue weighted by Gasteiger charge is 2.14. The summed E-state index contributed by atoms with van der Waals surface area (Å²) in [5.74, 6) is 0. The topological polar surface area (TPSA) is 52.0 Å². The van der Waals surface area contributed by atoms with E-state index in [9.17, 15) is 0 Å². The van der Waals surface area contributed by atoms with Gasteiger partial charge in [-0.1, -0.05) is 12.1 Å². The van der Waals surface area contributed by atoms with Crippen LogP contribution < -0.4 is 5.32 Å². The Morgan fingerprint density at radius 2 is 2.36 bits per heavy atom. The molecule has 0 aliphatic carbocycles. The van der Waals surface area contributed by atoms with Gasteiger partial charge in [-0.25, -0.2) is 4.68 Å². The van der Waals surface area contributed by atoms with Crippen LogP contribution in [0.4, 0.5) is 0 Å². The fourth-order valence-corrected chi connectivity index (χ4v) is 1.44. The van der Waals surface area contributed by atoms with Crippen LogP contribution in [0.2, 0.25) is 0 Å². The number of rotatable bonds is 6. The van der Waals surface area contributed by atoms with Crippen molar-refractivity contribution in [1.82, 2.24) is 20.3 Å². The van der Waals surface area contributed by atoms with Crippen molar-refractivity contribution in [2.24, 2.45) is 0 Å². The summed E-state index contributed by atoms with van der Waals surface area (Å²) in [7, 11) is 1.70. The van der Waals surface area contributed by atoms with Crippen LogP contribution in [-0.2, 0) is 11.3 Å². The molecule has 0 aromatic carbocycles. The second-order valence-corrected chi connectivity index (χ2v) is 3.04. The highest BCUT2D eigenvalue weighted by Crippen LogP contribution is 2.11. The zero-order valence-electron chi connectivity index (χ0n) is 9.03. The first-order valence-corrected chi connectivity index (χ1v) is 4.94. The van der Waals surface area contributed by atoms with Crippen molar-refractivity contribution in [3.63, 3.8) is 0 Å².